The lowest BCUT2D eigenvalue weighted by atomic mass is 10.0. The lowest BCUT2D eigenvalue weighted by molar-refractivity contribution is 0.0438. The first-order valence-electron chi connectivity index (χ1n) is 6.95. The van der Waals surface area contributed by atoms with Gasteiger partial charge in [0.15, 0.2) is 0 Å². The Hall–Kier alpha value is -0.580. The molecule has 4 heteroatoms. The number of β-amino-alcohol motifs (C(OH)–C–C–N with tert-alkyl or cyclic N) is 1. The molecule has 1 aliphatic rings. The molecule has 0 radical (unpaired) electrons. The molecule has 1 aromatic rings. The molecule has 3 nitrogen and oxygen atoms in total. The number of hydrogen-bond acceptors (Lipinski definition) is 3. The van der Waals surface area contributed by atoms with Crippen LogP contribution in [0.4, 0.5) is 0 Å². The van der Waals surface area contributed by atoms with Crippen LogP contribution in [0, 0.1) is 0 Å². The van der Waals surface area contributed by atoms with Crippen molar-refractivity contribution in [2.24, 2.45) is 0 Å². The molecule has 1 N–H and O–H groups in total. The molecule has 0 amide bonds. The van der Waals surface area contributed by atoms with Gasteiger partial charge in [-0.25, -0.2) is 0 Å². The minimum Gasteiger partial charge on any atom is -0.491 e. The molecule has 2 rings (SSSR count). The molecular weight excluding hydrogens is 306 g/mol. The number of benzene rings is 1. The van der Waals surface area contributed by atoms with Crippen LogP contribution in [0.2, 0.25) is 0 Å². The van der Waals surface area contributed by atoms with Crippen molar-refractivity contribution in [3.8, 4) is 5.75 Å². The van der Waals surface area contributed by atoms with Gasteiger partial charge in [0.1, 0.15) is 18.5 Å². The first-order valence-corrected chi connectivity index (χ1v) is 7.75. The van der Waals surface area contributed by atoms with E-state index in [4.69, 9.17) is 4.74 Å². The maximum Gasteiger partial charge on any atom is 0.119 e. The summed E-state index contributed by atoms with van der Waals surface area (Å²) in [7, 11) is 0. The van der Waals surface area contributed by atoms with Crippen molar-refractivity contribution in [1.29, 1.82) is 0 Å². The Balaban J connectivity index is 1.74. The molecule has 0 bridgehead atoms. The first-order chi connectivity index (χ1) is 9.15. The highest BCUT2D eigenvalue weighted by molar-refractivity contribution is 9.10. The Morgan fingerprint density at radius 1 is 1.37 bits per heavy atom. The van der Waals surface area contributed by atoms with Gasteiger partial charge in [-0.1, -0.05) is 22.4 Å². The molecule has 0 aromatic heterocycles. The topological polar surface area (TPSA) is 32.7 Å². The SMILES string of the molecule is C[C@@H]1CCCCN1C[C@@H](O)COc1ccc(Br)cc1. The van der Waals surface area contributed by atoms with Gasteiger partial charge in [-0.05, 0) is 50.6 Å². The van der Waals surface area contributed by atoms with Gasteiger partial charge in [0, 0.05) is 17.1 Å². The van der Waals surface area contributed by atoms with Crippen LogP contribution in [0.15, 0.2) is 28.7 Å². The fraction of sp³-hybridized carbons (Fsp3) is 0.600. The molecule has 1 fully saturated rings. The van der Waals surface area contributed by atoms with Crippen LogP contribution in [0.5, 0.6) is 5.75 Å². The Morgan fingerprint density at radius 2 is 2.11 bits per heavy atom. The van der Waals surface area contributed by atoms with Gasteiger partial charge < -0.3 is 9.84 Å². The molecule has 1 aliphatic heterocycles. The van der Waals surface area contributed by atoms with Crippen LogP contribution >= 0.6 is 15.9 Å². The minimum atomic E-state index is -0.427. The van der Waals surface area contributed by atoms with Gasteiger partial charge in [0.25, 0.3) is 0 Å². The summed E-state index contributed by atoms with van der Waals surface area (Å²) in [5, 5.41) is 10.1. The molecule has 1 heterocycles. The lowest BCUT2D eigenvalue weighted by Gasteiger charge is -2.34. The van der Waals surface area contributed by atoms with Gasteiger partial charge in [0.2, 0.25) is 0 Å². The summed E-state index contributed by atoms with van der Waals surface area (Å²) in [6.07, 6.45) is 3.36. The smallest absolute Gasteiger partial charge is 0.119 e. The summed E-state index contributed by atoms with van der Waals surface area (Å²) in [4.78, 5) is 2.36. The second kappa shape index (κ2) is 7.27. The molecule has 0 unspecified atom stereocenters. The predicted molar refractivity (Wildman–Crippen MR) is 80.5 cm³/mol. The summed E-state index contributed by atoms with van der Waals surface area (Å²) >= 11 is 3.39. The largest absolute Gasteiger partial charge is 0.491 e. The minimum absolute atomic E-state index is 0.352. The number of halogens is 1. The second-order valence-electron chi connectivity index (χ2n) is 5.26. The van der Waals surface area contributed by atoms with Crippen molar-refractivity contribution in [1.82, 2.24) is 4.90 Å². The van der Waals surface area contributed by atoms with E-state index >= 15 is 0 Å². The third-order valence-electron chi connectivity index (χ3n) is 3.64. The number of aliphatic hydroxyl groups excluding tert-OH is 1. The van der Waals surface area contributed by atoms with Crippen molar-refractivity contribution in [2.75, 3.05) is 19.7 Å². The van der Waals surface area contributed by atoms with Crippen LogP contribution in [0.25, 0.3) is 0 Å². The van der Waals surface area contributed by atoms with Crippen molar-refractivity contribution >= 4 is 15.9 Å². The van der Waals surface area contributed by atoms with E-state index < -0.39 is 6.10 Å². The Labute approximate surface area is 123 Å². The molecule has 1 aromatic carbocycles. The van der Waals surface area contributed by atoms with Crippen LogP contribution < -0.4 is 4.74 Å². The number of ether oxygens (including phenoxy) is 1. The molecule has 0 aliphatic carbocycles. The van der Waals surface area contributed by atoms with Crippen LogP contribution in [0.3, 0.4) is 0 Å². The third kappa shape index (κ3) is 4.79. The summed E-state index contributed by atoms with van der Waals surface area (Å²) in [5.41, 5.74) is 0. The average Bonchev–Trinajstić information content (AvgIpc) is 2.41. The Kier molecular flexibility index (Phi) is 5.67. The summed E-state index contributed by atoms with van der Waals surface area (Å²) in [5.74, 6) is 0.800. The van der Waals surface area contributed by atoms with E-state index in [1.807, 2.05) is 24.3 Å². The number of nitrogens with zero attached hydrogens (tertiary/aromatic N) is 1. The maximum atomic E-state index is 10.1. The van der Waals surface area contributed by atoms with Gasteiger partial charge in [0.05, 0.1) is 0 Å². The molecular formula is C15H22BrNO2. The van der Waals surface area contributed by atoms with Crippen molar-refractivity contribution < 1.29 is 9.84 Å². The summed E-state index contributed by atoms with van der Waals surface area (Å²) in [6, 6.07) is 8.26. The molecule has 106 valence electrons. The number of likely N-dealkylation sites (tertiary alicyclic amines) is 1. The summed E-state index contributed by atoms with van der Waals surface area (Å²) < 4.78 is 6.63. The number of rotatable bonds is 5. The maximum absolute atomic E-state index is 10.1. The van der Waals surface area contributed by atoms with E-state index in [2.05, 4.69) is 27.8 Å². The van der Waals surface area contributed by atoms with E-state index in [1.54, 1.807) is 0 Å². The standard InChI is InChI=1S/C15H22BrNO2/c1-12-4-2-3-9-17(12)10-14(18)11-19-15-7-5-13(16)6-8-15/h5-8,12,14,18H,2-4,9-11H2,1H3/t12-,14-/m1/s1. The van der Waals surface area contributed by atoms with Gasteiger partial charge >= 0.3 is 0 Å². The highest BCUT2D eigenvalue weighted by atomic mass is 79.9. The van der Waals surface area contributed by atoms with Crippen LogP contribution in [-0.2, 0) is 0 Å². The number of aliphatic hydroxyl groups is 1. The number of hydrogen-bond donors (Lipinski definition) is 1. The van der Waals surface area contributed by atoms with E-state index in [9.17, 15) is 5.11 Å². The van der Waals surface area contributed by atoms with E-state index in [-0.39, 0.29) is 0 Å². The molecule has 0 saturated carbocycles. The Morgan fingerprint density at radius 3 is 2.79 bits per heavy atom. The fourth-order valence-corrected chi connectivity index (χ4v) is 2.74. The van der Waals surface area contributed by atoms with Gasteiger partial charge in [-0.15, -0.1) is 0 Å². The summed E-state index contributed by atoms with van der Waals surface area (Å²) in [6.45, 7) is 4.39. The Bertz CT molecular complexity index is 382. The van der Waals surface area contributed by atoms with Gasteiger partial charge in [-0.3, -0.25) is 4.90 Å². The zero-order valence-electron chi connectivity index (χ0n) is 11.4. The van der Waals surface area contributed by atoms with E-state index in [0.717, 1.165) is 16.8 Å². The quantitative estimate of drug-likeness (QED) is 0.902. The zero-order chi connectivity index (χ0) is 13.7. The van der Waals surface area contributed by atoms with Crippen LogP contribution in [0.1, 0.15) is 26.2 Å². The van der Waals surface area contributed by atoms with Gasteiger partial charge in [-0.2, -0.15) is 0 Å². The first kappa shape index (κ1) is 14.8. The molecule has 2 atom stereocenters. The molecule has 19 heavy (non-hydrogen) atoms. The van der Waals surface area contributed by atoms with Crippen molar-refractivity contribution in [2.45, 2.75) is 38.3 Å². The zero-order valence-corrected chi connectivity index (χ0v) is 13.0. The lowest BCUT2D eigenvalue weighted by Crippen LogP contribution is -2.43. The highest BCUT2D eigenvalue weighted by Gasteiger charge is 2.20. The van der Waals surface area contributed by atoms with Crippen LogP contribution in [-0.4, -0.2) is 41.8 Å². The average molecular weight is 328 g/mol. The third-order valence-corrected chi connectivity index (χ3v) is 4.17. The van der Waals surface area contributed by atoms with E-state index in [1.165, 1.54) is 19.3 Å². The fourth-order valence-electron chi connectivity index (χ4n) is 2.48. The van der Waals surface area contributed by atoms with Crippen molar-refractivity contribution in [3.63, 3.8) is 0 Å². The molecule has 0 spiro atoms. The monoisotopic (exact) mass is 327 g/mol. The molecule has 1 saturated heterocycles. The number of piperidine rings is 1. The second-order valence-corrected chi connectivity index (χ2v) is 6.17. The predicted octanol–water partition coefficient (Wildman–Crippen LogP) is 3.06. The van der Waals surface area contributed by atoms with E-state index in [0.29, 0.717) is 19.2 Å². The van der Waals surface area contributed by atoms with Crippen molar-refractivity contribution in [3.05, 3.63) is 28.7 Å². The normalized spacial score (nSPS) is 22.2. The highest BCUT2D eigenvalue weighted by Crippen LogP contribution is 2.18.